The third kappa shape index (κ3) is 1.98. The molecular weight excluding hydrogens is 138 g/mol. The van der Waals surface area contributed by atoms with Crippen molar-refractivity contribution in [2.75, 3.05) is 19.0 Å². The number of rotatable bonds is 1. The molecule has 1 aromatic rings. The second-order valence-electron chi connectivity index (χ2n) is 1.85. The van der Waals surface area contributed by atoms with E-state index in [1.54, 1.807) is 6.26 Å². The van der Waals surface area contributed by atoms with Gasteiger partial charge in [-0.1, -0.05) is 0 Å². The van der Waals surface area contributed by atoms with Crippen LogP contribution in [0.1, 0.15) is 0 Å². The average molecular weight is 148 g/mol. The van der Waals surface area contributed by atoms with Crippen molar-refractivity contribution in [2.24, 2.45) is 0 Å². The fourth-order valence-electron chi connectivity index (χ4n) is 0.524. The van der Waals surface area contributed by atoms with Crippen LogP contribution in [-0.2, 0) is 0 Å². The Bertz CT molecular complexity index is 148. The normalized spacial score (nSPS) is 8.22. The lowest BCUT2D eigenvalue weighted by atomic mass is 10.6. The van der Waals surface area contributed by atoms with Crippen LogP contribution in [0.4, 0.5) is 5.88 Å². The molecule has 52 valence electrons. The fraction of sp³-hybridized carbons (Fsp3) is 0.333. The molecule has 3 heteroatoms. The SMILES string of the molecule is CN(C)c1ccco1.Cl. The van der Waals surface area contributed by atoms with Crippen molar-refractivity contribution < 1.29 is 4.42 Å². The van der Waals surface area contributed by atoms with E-state index < -0.39 is 0 Å². The summed E-state index contributed by atoms with van der Waals surface area (Å²) in [6.45, 7) is 0. The molecule has 0 radical (unpaired) electrons. The average Bonchev–Trinajstić information content (AvgIpc) is 2.12. The highest BCUT2D eigenvalue weighted by molar-refractivity contribution is 5.85. The maximum atomic E-state index is 5.02. The van der Waals surface area contributed by atoms with E-state index in [4.69, 9.17) is 4.42 Å². The smallest absolute Gasteiger partial charge is 0.194 e. The lowest BCUT2D eigenvalue weighted by Gasteiger charge is -2.04. The molecule has 0 spiro atoms. The highest BCUT2D eigenvalue weighted by Gasteiger charge is 1.92. The van der Waals surface area contributed by atoms with Gasteiger partial charge in [-0.15, -0.1) is 12.4 Å². The minimum absolute atomic E-state index is 0. The van der Waals surface area contributed by atoms with Gasteiger partial charge in [0.1, 0.15) is 0 Å². The zero-order valence-corrected chi connectivity index (χ0v) is 6.31. The maximum absolute atomic E-state index is 5.02. The molecule has 0 aromatic carbocycles. The predicted octanol–water partition coefficient (Wildman–Crippen LogP) is 1.77. The maximum Gasteiger partial charge on any atom is 0.194 e. The topological polar surface area (TPSA) is 16.4 Å². The van der Waals surface area contributed by atoms with Gasteiger partial charge in [-0.2, -0.15) is 0 Å². The molecule has 9 heavy (non-hydrogen) atoms. The molecule has 1 aromatic heterocycles. The van der Waals surface area contributed by atoms with Gasteiger partial charge < -0.3 is 9.32 Å². The molecule has 0 N–H and O–H groups in total. The second-order valence-corrected chi connectivity index (χ2v) is 1.85. The molecule has 0 saturated heterocycles. The monoisotopic (exact) mass is 147 g/mol. The fourth-order valence-corrected chi connectivity index (χ4v) is 0.524. The lowest BCUT2D eigenvalue weighted by molar-refractivity contribution is 0.565. The summed E-state index contributed by atoms with van der Waals surface area (Å²) in [5.41, 5.74) is 0. The van der Waals surface area contributed by atoms with Gasteiger partial charge in [-0.3, -0.25) is 0 Å². The van der Waals surface area contributed by atoms with Gasteiger partial charge in [0.25, 0.3) is 0 Å². The Morgan fingerprint density at radius 1 is 1.44 bits per heavy atom. The number of hydrogen-bond donors (Lipinski definition) is 0. The van der Waals surface area contributed by atoms with Gasteiger partial charge in [0.15, 0.2) is 5.88 Å². The first kappa shape index (κ1) is 8.37. The summed E-state index contributed by atoms with van der Waals surface area (Å²) in [6.07, 6.45) is 1.66. The zero-order valence-electron chi connectivity index (χ0n) is 5.50. The van der Waals surface area contributed by atoms with Crippen LogP contribution in [0, 0.1) is 0 Å². The van der Waals surface area contributed by atoms with Crippen molar-refractivity contribution in [1.82, 2.24) is 0 Å². The molecule has 0 unspecified atom stereocenters. The van der Waals surface area contributed by atoms with Crippen LogP contribution in [0.25, 0.3) is 0 Å². The molecule has 1 heterocycles. The molecule has 0 amide bonds. The number of nitrogens with zero attached hydrogens (tertiary/aromatic N) is 1. The highest BCUT2D eigenvalue weighted by atomic mass is 35.5. The summed E-state index contributed by atoms with van der Waals surface area (Å²) >= 11 is 0. The van der Waals surface area contributed by atoms with Crippen LogP contribution in [0.2, 0.25) is 0 Å². The Morgan fingerprint density at radius 3 is 2.33 bits per heavy atom. The summed E-state index contributed by atoms with van der Waals surface area (Å²) in [6, 6.07) is 3.79. The van der Waals surface area contributed by atoms with Crippen LogP contribution in [0.3, 0.4) is 0 Å². The summed E-state index contributed by atoms with van der Waals surface area (Å²) in [5, 5.41) is 0. The van der Waals surface area contributed by atoms with Crippen LogP contribution < -0.4 is 4.90 Å². The Labute approximate surface area is 60.9 Å². The summed E-state index contributed by atoms with van der Waals surface area (Å²) in [7, 11) is 3.89. The molecule has 0 aliphatic carbocycles. The van der Waals surface area contributed by atoms with Gasteiger partial charge >= 0.3 is 0 Å². The molecule has 0 saturated carbocycles. The quantitative estimate of drug-likeness (QED) is 0.602. The first-order chi connectivity index (χ1) is 3.80. The van der Waals surface area contributed by atoms with Gasteiger partial charge in [-0.05, 0) is 6.07 Å². The van der Waals surface area contributed by atoms with Gasteiger partial charge in [0.2, 0.25) is 0 Å². The summed E-state index contributed by atoms with van der Waals surface area (Å²) < 4.78 is 5.02. The predicted molar refractivity (Wildman–Crippen MR) is 40.3 cm³/mol. The van der Waals surface area contributed by atoms with E-state index in [9.17, 15) is 0 Å². The molecular formula is C6H10ClNO. The minimum atomic E-state index is 0. The minimum Gasteiger partial charge on any atom is -0.449 e. The van der Waals surface area contributed by atoms with Gasteiger partial charge in [0.05, 0.1) is 6.26 Å². The Hall–Kier alpha value is -0.630. The largest absolute Gasteiger partial charge is 0.449 e. The Kier molecular flexibility index (Phi) is 3.17. The number of hydrogen-bond acceptors (Lipinski definition) is 2. The standard InChI is InChI=1S/C6H9NO.ClH/c1-7(2)6-4-3-5-8-6;/h3-5H,1-2H3;1H. The number of halogens is 1. The summed E-state index contributed by atoms with van der Waals surface area (Å²) in [4.78, 5) is 1.92. The van der Waals surface area contributed by atoms with E-state index in [2.05, 4.69) is 0 Å². The van der Waals surface area contributed by atoms with Crippen molar-refractivity contribution in [3.8, 4) is 0 Å². The first-order valence-electron chi connectivity index (χ1n) is 2.51. The van der Waals surface area contributed by atoms with Crippen LogP contribution in [0.15, 0.2) is 22.8 Å². The molecule has 0 aliphatic rings. The molecule has 1 rings (SSSR count). The Balaban J connectivity index is 0.000000640. The molecule has 0 fully saturated rings. The third-order valence-corrected chi connectivity index (χ3v) is 0.947. The third-order valence-electron chi connectivity index (χ3n) is 0.947. The number of furan rings is 1. The van der Waals surface area contributed by atoms with Crippen molar-refractivity contribution in [3.63, 3.8) is 0 Å². The van der Waals surface area contributed by atoms with Crippen LogP contribution >= 0.6 is 12.4 Å². The zero-order chi connectivity index (χ0) is 5.98. The second kappa shape index (κ2) is 3.41. The van der Waals surface area contributed by atoms with E-state index >= 15 is 0 Å². The summed E-state index contributed by atoms with van der Waals surface area (Å²) in [5.74, 6) is 0.894. The van der Waals surface area contributed by atoms with Crippen molar-refractivity contribution in [1.29, 1.82) is 0 Å². The van der Waals surface area contributed by atoms with Crippen molar-refractivity contribution >= 4 is 18.3 Å². The van der Waals surface area contributed by atoms with Gasteiger partial charge in [0, 0.05) is 20.2 Å². The molecule has 0 bridgehead atoms. The molecule has 2 nitrogen and oxygen atoms in total. The molecule has 0 atom stereocenters. The van der Waals surface area contributed by atoms with Gasteiger partial charge in [-0.25, -0.2) is 0 Å². The van der Waals surface area contributed by atoms with Crippen molar-refractivity contribution in [2.45, 2.75) is 0 Å². The number of anilines is 1. The van der Waals surface area contributed by atoms with E-state index in [1.165, 1.54) is 0 Å². The lowest BCUT2D eigenvalue weighted by Crippen LogP contribution is -2.06. The van der Waals surface area contributed by atoms with E-state index in [1.807, 2.05) is 31.1 Å². The first-order valence-corrected chi connectivity index (χ1v) is 2.51. The van der Waals surface area contributed by atoms with Crippen LogP contribution in [0.5, 0.6) is 0 Å². The van der Waals surface area contributed by atoms with E-state index in [0.29, 0.717) is 0 Å². The molecule has 0 aliphatic heterocycles. The van der Waals surface area contributed by atoms with E-state index in [-0.39, 0.29) is 12.4 Å². The van der Waals surface area contributed by atoms with E-state index in [0.717, 1.165) is 5.88 Å². The highest BCUT2D eigenvalue weighted by Crippen LogP contribution is 2.08. The van der Waals surface area contributed by atoms with Crippen LogP contribution in [-0.4, -0.2) is 14.1 Å². The Morgan fingerprint density at radius 2 is 2.11 bits per heavy atom. The van der Waals surface area contributed by atoms with Crippen molar-refractivity contribution in [3.05, 3.63) is 18.4 Å².